The standard InChI is InChI=1S/C22H24F2N4O3/c23-16-4-5-18(19(24)11-16)22(31)26-12-20(29)27-17-3-1-2-14(10-17)13-28-8-6-15(7-9-28)21(25)30/h1-5,10-11,15H,6-9,12-13H2,(H2,25,30)(H,26,31)(H,27,29). The molecule has 0 atom stereocenters. The van der Waals surface area contributed by atoms with Gasteiger partial charge >= 0.3 is 0 Å². The van der Waals surface area contributed by atoms with Gasteiger partial charge in [-0.05, 0) is 55.8 Å². The van der Waals surface area contributed by atoms with E-state index >= 15 is 0 Å². The number of hydrogen-bond donors (Lipinski definition) is 3. The van der Waals surface area contributed by atoms with E-state index in [1.54, 1.807) is 6.07 Å². The molecule has 164 valence electrons. The first-order valence-electron chi connectivity index (χ1n) is 9.95. The van der Waals surface area contributed by atoms with Crippen LogP contribution in [0.4, 0.5) is 14.5 Å². The Morgan fingerprint density at radius 3 is 2.48 bits per heavy atom. The lowest BCUT2D eigenvalue weighted by Crippen LogP contribution is -2.38. The monoisotopic (exact) mass is 430 g/mol. The van der Waals surface area contributed by atoms with Crippen LogP contribution in [0.5, 0.6) is 0 Å². The Morgan fingerprint density at radius 1 is 1.06 bits per heavy atom. The quantitative estimate of drug-likeness (QED) is 0.625. The van der Waals surface area contributed by atoms with E-state index in [-0.39, 0.29) is 23.9 Å². The summed E-state index contributed by atoms with van der Waals surface area (Å²) >= 11 is 0. The Bertz CT molecular complexity index is 975. The minimum atomic E-state index is -0.995. The van der Waals surface area contributed by atoms with Crippen LogP contribution in [0.3, 0.4) is 0 Å². The maximum Gasteiger partial charge on any atom is 0.254 e. The summed E-state index contributed by atoms with van der Waals surface area (Å²) in [5.41, 5.74) is 6.59. The topological polar surface area (TPSA) is 105 Å². The predicted octanol–water partition coefficient (Wildman–Crippen LogP) is 2.03. The fourth-order valence-electron chi connectivity index (χ4n) is 3.52. The summed E-state index contributed by atoms with van der Waals surface area (Å²) in [4.78, 5) is 37.6. The van der Waals surface area contributed by atoms with Gasteiger partial charge in [-0.2, -0.15) is 0 Å². The van der Waals surface area contributed by atoms with Crippen molar-refractivity contribution < 1.29 is 23.2 Å². The highest BCUT2D eigenvalue weighted by molar-refractivity contribution is 5.99. The highest BCUT2D eigenvalue weighted by Gasteiger charge is 2.23. The van der Waals surface area contributed by atoms with Gasteiger partial charge in [0.25, 0.3) is 5.91 Å². The molecule has 4 N–H and O–H groups in total. The van der Waals surface area contributed by atoms with Crippen molar-refractivity contribution in [3.05, 3.63) is 65.2 Å². The van der Waals surface area contributed by atoms with Gasteiger partial charge in [0, 0.05) is 24.2 Å². The van der Waals surface area contributed by atoms with Crippen LogP contribution >= 0.6 is 0 Å². The summed E-state index contributed by atoms with van der Waals surface area (Å²) < 4.78 is 26.6. The largest absolute Gasteiger partial charge is 0.369 e. The summed E-state index contributed by atoms with van der Waals surface area (Å²) in [6.45, 7) is 1.86. The first-order chi connectivity index (χ1) is 14.8. The molecule has 3 amide bonds. The van der Waals surface area contributed by atoms with Crippen LogP contribution in [0.15, 0.2) is 42.5 Å². The molecule has 0 saturated carbocycles. The Morgan fingerprint density at radius 2 is 1.81 bits per heavy atom. The van der Waals surface area contributed by atoms with E-state index in [0.717, 1.165) is 43.6 Å². The van der Waals surface area contributed by atoms with Crippen molar-refractivity contribution in [1.29, 1.82) is 0 Å². The lowest BCUT2D eigenvalue weighted by molar-refractivity contribution is -0.123. The molecule has 1 aliphatic rings. The number of nitrogens with two attached hydrogens (primary N) is 1. The highest BCUT2D eigenvalue weighted by atomic mass is 19.1. The van der Waals surface area contributed by atoms with E-state index < -0.39 is 23.4 Å². The van der Waals surface area contributed by atoms with Crippen molar-refractivity contribution in [3.63, 3.8) is 0 Å². The van der Waals surface area contributed by atoms with Crippen LogP contribution in [0, 0.1) is 17.6 Å². The number of amides is 3. The van der Waals surface area contributed by atoms with Crippen LogP contribution in [-0.2, 0) is 16.1 Å². The lowest BCUT2D eigenvalue weighted by Gasteiger charge is -2.30. The van der Waals surface area contributed by atoms with E-state index in [9.17, 15) is 23.2 Å². The molecule has 2 aromatic carbocycles. The number of halogens is 2. The molecule has 0 bridgehead atoms. The zero-order chi connectivity index (χ0) is 22.4. The fourth-order valence-corrected chi connectivity index (χ4v) is 3.52. The third-order valence-electron chi connectivity index (χ3n) is 5.19. The van der Waals surface area contributed by atoms with E-state index in [4.69, 9.17) is 5.73 Å². The average molecular weight is 430 g/mol. The second-order valence-electron chi connectivity index (χ2n) is 7.51. The molecule has 7 nitrogen and oxygen atoms in total. The molecule has 31 heavy (non-hydrogen) atoms. The van der Waals surface area contributed by atoms with Gasteiger partial charge in [0.15, 0.2) is 0 Å². The predicted molar refractivity (Wildman–Crippen MR) is 111 cm³/mol. The van der Waals surface area contributed by atoms with Crippen LogP contribution < -0.4 is 16.4 Å². The maximum atomic E-state index is 13.6. The molecule has 0 unspecified atom stereocenters. The molecule has 0 aromatic heterocycles. The van der Waals surface area contributed by atoms with Gasteiger partial charge in [-0.15, -0.1) is 0 Å². The third kappa shape index (κ3) is 6.32. The van der Waals surface area contributed by atoms with Crippen molar-refractivity contribution in [1.82, 2.24) is 10.2 Å². The van der Waals surface area contributed by atoms with Crippen molar-refractivity contribution in [3.8, 4) is 0 Å². The number of hydrogen-bond acceptors (Lipinski definition) is 4. The van der Waals surface area contributed by atoms with Gasteiger partial charge in [0.2, 0.25) is 11.8 Å². The lowest BCUT2D eigenvalue weighted by atomic mass is 9.96. The Hall–Kier alpha value is -3.33. The minimum absolute atomic E-state index is 0.0690. The smallest absolute Gasteiger partial charge is 0.254 e. The molecule has 9 heteroatoms. The van der Waals surface area contributed by atoms with Crippen LogP contribution in [0.2, 0.25) is 0 Å². The summed E-state index contributed by atoms with van der Waals surface area (Å²) in [7, 11) is 0. The SMILES string of the molecule is NC(=O)C1CCN(Cc2cccc(NC(=O)CNC(=O)c3ccc(F)cc3F)c2)CC1. The van der Waals surface area contributed by atoms with E-state index in [2.05, 4.69) is 15.5 Å². The van der Waals surface area contributed by atoms with E-state index in [1.807, 2.05) is 18.2 Å². The number of nitrogens with zero attached hydrogens (tertiary/aromatic N) is 1. The number of rotatable bonds is 7. The summed E-state index contributed by atoms with van der Waals surface area (Å²) in [5.74, 6) is -3.38. The maximum absolute atomic E-state index is 13.6. The van der Waals surface area contributed by atoms with Gasteiger partial charge in [-0.1, -0.05) is 12.1 Å². The number of carbonyl (C=O) groups is 3. The first kappa shape index (κ1) is 22.4. The van der Waals surface area contributed by atoms with Gasteiger partial charge < -0.3 is 16.4 Å². The molecule has 1 heterocycles. The van der Waals surface area contributed by atoms with E-state index in [0.29, 0.717) is 18.3 Å². The summed E-state index contributed by atoms with van der Waals surface area (Å²) in [6.07, 6.45) is 1.47. The van der Waals surface area contributed by atoms with Crippen molar-refractivity contribution >= 4 is 23.4 Å². The zero-order valence-electron chi connectivity index (χ0n) is 16.9. The molecule has 3 rings (SSSR count). The third-order valence-corrected chi connectivity index (χ3v) is 5.19. The van der Waals surface area contributed by atoms with Crippen LogP contribution in [0.1, 0.15) is 28.8 Å². The van der Waals surface area contributed by atoms with Gasteiger partial charge in [-0.25, -0.2) is 8.78 Å². The van der Waals surface area contributed by atoms with Gasteiger partial charge in [0.1, 0.15) is 11.6 Å². The van der Waals surface area contributed by atoms with Crippen molar-refractivity contribution in [2.45, 2.75) is 19.4 Å². The zero-order valence-corrected chi connectivity index (χ0v) is 16.9. The molecular formula is C22H24F2N4O3. The number of nitrogens with one attached hydrogen (secondary N) is 2. The Balaban J connectivity index is 1.49. The number of carbonyl (C=O) groups excluding carboxylic acids is 3. The van der Waals surface area contributed by atoms with Crippen LogP contribution in [0.25, 0.3) is 0 Å². The number of anilines is 1. The normalized spacial score (nSPS) is 14.8. The van der Waals surface area contributed by atoms with Gasteiger partial charge in [-0.3, -0.25) is 19.3 Å². The Labute approximate surface area is 178 Å². The number of piperidine rings is 1. The highest BCUT2D eigenvalue weighted by Crippen LogP contribution is 2.20. The van der Waals surface area contributed by atoms with Crippen molar-refractivity contribution in [2.75, 3.05) is 25.0 Å². The second-order valence-corrected chi connectivity index (χ2v) is 7.51. The molecule has 1 saturated heterocycles. The molecule has 2 aromatic rings. The molecule has 0 radical (unpaired) electrons. The van der Waals surface area contributed by atoms with E-state index in [1.165, 1.54) is 0 Å². The molecule has 1 fully saturated rings. The molecule has 0 spiro atoms. The second kappa shape index (κ2) is 10.1. The number of benzene rings is 2. The average Bonchev–Trinajstić information content (AvgIpc) is 2.72. The molecule has 0 aliphatic carbocycles. The number of primary amides is 1. The van der Waals surface area contributed by atoms with Crippen LogP contribution in [-0.4, -0.2) is 42.3 Å². The summed E-state index contributed by atoms with van der Waals surface area (Å²) in [5, 5.41) is 5.00. The Kier molecular flexibility index (Phi) is 7.30. The fraction of sp³-hybridized carbons (Fsp3) is 0.318. The van der Waals surface area contributed by atoms with Gasteiger partial charge in [0.05, 0.1) is 12.1 Å². The number of likely N-dealkylation sites (tertiary alicyclic amines) is 1. The minimum Gasteiger partial charge on any atom is -0.369 e. The van der Waals surface area contributed by atoms with Crippen molar-refractivity contribution in [2.24, 2.45) is 11.7 Å². The first-order valence-corrected chi connectivity index (χ1v) is 9.95. The summed E-state index contributed by atoms with van der Waals surface area (Å²) in [6, 6.07) is 9.91. The molecular weight excluding hydrogens is 406 g/mol. The molecule has 1 aliphatic heterocycles.